The van der Waals surface area contributed by atoms with E-state index in [2.05, 4.69) is 26.1 Å². The summed E-state index contributed by atoms with van der Waals surface area (Å²) in [7, 11) is 0. The maximum Gasteiger partial charge on any atom is 0.239 e. The van der Waals surface area contributed by atoms with Crippen molar-refractivity contribution in [1.29, 1.82) is 0 Å². The van der Waals surface area contributed by atoms with Crippen molar-refractivity contribution in [2.24, 2.45) is 5.92 Å². The first kappa shape index (κ1) is 18.6. The number of amides is 1. The molecule has 3 N–H and O–H groups in total. The Morgan fingerprint density at radius 2 is 1.96 bits per heavy atom. The Bertz CT molecular complexity index is 468. The van der Waals surface area contributed by atoms with Crippen molar-refractivity contribution in [3.05, 3.63) is 0 Å². The van der Waals surface area contributed by atoms with Gasteiger partial charge in [0, 0.05) is 39.1 Å². The normalized spacial score (nSPS) is 35.0. The number of carbonyl (C=O) groups excluding carboxylic acids is 1. The van der Waals surface area contributed by atoms with Crippen LogP contribution in [0.15, 0.2) is 0 Å². The lowest BCUT2D eigenvalue weighted by atomic mass is 9.89. The second-order valence-corrected chi connectivity index (χ2v) is 8.10. The van der Waals surface area contributed by atoms with E-state index in [1.807, 2.05) is 0 Å². The van der Waals surface area contributed by atoms with Crippen LogP contribution in [0.2, 0.25) is 0 Å². The van der Waals surface area contributed by atoms with Crippen molar-refractivity contribution in [3.63, 3.8) is 0 Å². The van der Waals surface area contributed by atoms with Crippen molar-refractivity contribution in [2.45, 2.75) is 56.8 Å². The highest BCUT2D eigenvalue weighted by Gasteiger charge is 2.36. The summed E-state index contributed by atoms with van der Waals surface area (Å²) < 4.78 is 5.38. The van der Waals surface area contributed by atoms with E-state index in [4.69, 9.17) is 9.57 Å². The SMILES string of the molecule is O=C(NC1CNN(CC2CCCCC2)C1)C1CC(N2CCOCC2)ON1. The standard InChI is InChI=1S/C18H33N5O3/c24-18(16-10-17(26-21-16)22-6-8-25-9-7-22)20-15-11-19-23(13-15)12-14-4-2-1-3-5-14/h14-17,19,21H,1-13H2,(H,20,24). The van der Waals surface area contributed by atoms with Crippen LogP contribution in [0.1, 0.15) is 38.5 Å². The zero-order valence-electron chi connectivity index (χ0n) is 15.6. The minimum atomic E-state index is -0.268. The van der Waals surface area contributed by atoms with E-state index < -0.39 is 0 Å². The predicted molar refractivity (Wildman–Crippen MR) is 96.9 cm³/mol. The van der Waals surface area contributed by atoms with Crippen LogP contribution in [0.5, 0.6) is 0 Å². The summed E-state index contributed by atoms with van der Waals surface area (Å²) >= 11 is 0. The van der Waals surface area contributed by atoms with Gasteiger partial charge in [-0.1, -0.05) is 19.3 Å². The van der Waals surface area contributed by atoms with Crippen LogP contribution in [-0.2, 0) is 14.4 Å². The van der Waals surface area contributed by atoms with Gasteiger partial charge in [-0.25, -0.2) is 5.01 Å². The summed E-state index contributed by atoms with van der Waals surface area (Å²) in [4.78, 5) is 20.5. The quantitative estimate of drug-likeness (QED) is 0.622. The second-order valence-electron chi connectivity index (χ2n) is 8.10. The summed E-state index contributed by atoms with van der Waals surface area (Å²) in [6.07, 6.45) is 7.50. The molecule has 26 heavy (non-hydrogen) atoms. The van der Waals surface area contributed by atoms with Crippen LogP contribution in [0.4, 0.5) is 0 Å². The van der Waals surface area contributed by atoms with Crippen LogP contribution < -0.4 is 16.2 Å². The number of hydrazine groups is 1. The number of nitrogens with zero attached hydrogens (tertiary/aromatic N) is 2. The van der Waals surface area contributed by atoms with Crippen LogP contribution in [0.3, 0.4) is 0 Å². The van der Waals surface area contributed by atoms with Crippen molar-refractivity contribution in [1.82, 2.24) is 26.1 Å². The van der Waals surface area contributed by atoms with Gasteiger partial charge in [-0.15, -0.1) is 0 Å². The fraction of sp³-hybridized carbons (Fsp3) is 0.944. The van der Waals surface area contributed by atoms with E-state index in [0.717, 1.165) is 51.9 Å². The Kier molecular flexibility index (Phi) is 6.40. The van der Waals surface area contributed by atoms with Gasteiger partial charge in [0.15, 0.2) is 0 Å². The molecule has 4 aliphatic rings. The van der Waals surface area contributed by atoms with E-state index >= 15 is 0 Å². The molecule has 4 rings (SSSR count). The van der Waals surface area contributed by atoms with Gasteiger partial charge in [-0.3, -0.25) is 20.0 Å². The second kappa shape index (κ2) is 8.95. The first-order valence-corrected chi connectivity index (χ1v) is 10.3. The molecule has 3 aliphatic heterocycles. The number of rotatable bonds is 5. The maximum atomic E-state index is 12.6. The smallest absolute Gasteiger partial charge is 0.239 e. The van der Waals surface area contributed by atoms with Crippen LogP contribution in [0.25, 0.3) is 0 Å². The summed E-state index contributed by atoms with van der Waals surface area (Å²) in [6, 6.07) is -0.0921. The van der Waals surface area contributed by atoms with Gasteiger partial charge in [0.1, 0.15) is 12.3 Å². The Labute approximate surface area is 155 Å². The molecular weight excluding hydrogens is 334 g/mol. The lowest BCUT2D eigenvalue weighted by Crippen LogP contribution is -2.47. The van der Waals surface area contributed by atoms with E-state index in [0.29, 0.717) is 6.42 Å². The first-order valence-electron chi connectivity index (χ1n) is 10.3. The lowest BCUT2D eigenvalue weighted by molar-refractivity contribution is -0.126. The number of nitrogens with one attached hydrogen (secondary N) is 3. The number of hydrogen-bond acceptors (Lipinski definition) is 7. The third-order valence-electron chi connectivity index (χ3n) is 6.10. The number of carbonyl (C=O) groups is 1. The average Bonchev–Trinajstić information content (AvgIpc) is 3.33. The molecule has 8 nitrogen and oxygen atoms in total. The summed E-state index contributed by atoms with van der Waals surface area (Å²) in [5.74, 6) is 0.858. The molecule has 4 fully saturated rings. The highest BCUT2D eigenvalue weighted by atomic mass is 16.7. The Balaban J connectivity index is 1.18. The van der Waals surface area contributed by atoms with Crippen molar-refractivity contribution < 1.29 is 14.4 Å². The van der Waals surface area contributed by atoms with Crippen molar-refractivity contribution >= 4 is 5.91 Å². The molecule has 1 amide bonds. The molecule has 3 heterocycles. The molecule has 0 bridgehead atoms. The third-order valence-corrected chi connectivity index (χ3v) is 6.10. The molecule has 0 aromatic rings. The minimum absolute atomic E-state index is 0.0286. The van der Waals surface area contributed by atoms with Gasteiger partial charge in [0.2, 0.25) is 5.91 Å². The first-order chi connectivity index (χ1) is 12.8. The number of morpholine rings is 1. The molecule has 0 spiro atoms. The largest absolute Gasteiger partial charge is 0.379 e. The molecule has 3 saturated heterocycles. The topological polar surface area (TPSA) is 78.1 Å². The Morgan fingerprint density at radius 1 is 1.15 bits per heavy atom. The van der Waals surface area contributed by atoms with Gasteiger partial charge in [-0.2, -0.15) is 5.48 Å². The van der Waals surface area contributed by atoms with Gasteiger partial charge in [0.25, 0.3) is 0 Å². The summed E-state index contributed by atoms with van der Waals surface area (Å²) in [5, 5.41) is 5.48. The van der Waals surface area contributed by atoms with Crippen LogP contribution in [0, 0.1) is 5.92 Å². The lowest BCUT2D eigenvalue weighted by Gasteiger charge is -2.30. The number of hydrogen-bond donors (Lipinski definition) is 3. The molecule has 0 aromatic carbocycles. The van der Waals surface area contributed by atoms with E-state index in [9.17, 15) is 4.79 Å². The summed E-state index contributed by atoms with van der Waals surface area (Å²) in [6.45, 7) is 6.02. The third kappa shape index (κ3) is 4.74. The zero-order valence-corrected chi connectivity index (χ0v) is 15.6. The molecule has 0 radical (unpaired) electrons. The fourth-order valence-electron chi connectivity index (χ4n) is 4.56. The van der Waals surface area contributed by atoms with E-state index in [-0.39, 0.29) is 24.2 Å². The van der Waals surface area contributed by atoms with Gasteiger partial charge in [-0.05, 0) is 18.8 Å². The Morgan fingerprint density at radius 3 is 2.77 bits per heavy atom. The molecule has 1 aliphatic carbocycles. The zero-order chi connectivity index (χ0) is 17.8. The number of ether oxygens (including phenoxy) is 1. The van der Waals surface area contributed by atoms with E-state index in [1.165, 1.54) is 32.1 Å². The molecule has 0 aromatic heterocycles. The highest BCUT2D eigenvalue weighted by molar-refractivity contribution is 5.82. The van der Waals surface area contributed by atoms with Crippen molar-refractivity contribution in [3.8, 4) is 0 Å². The van der Waals surface area contributed by atoms with Gasteiger partial charge in [0.05, 0.1) is 19.3 Å². The maximum absolute atomic E-state index is 12.6. The average molecular weight is 367 g/mol. The van der Waals surface area contributed by atoms with Crippen LogP contribution >= 0.6 is 0 Å². The molecule has 148 valence electrons. The van der Waals surface area contributed by atoms with E-state index in [1.54, 1.807) is 0 Å². The Hall–Kier alpha value is -0.770. The molecule has 8 heteroatoms. The summed E-state index contributed by atoms with van der Waals surface area (Å²) in [5.41, 5.74) is 6.38. The molecule has 3 unspecified atom stereocenters. The van der Waals surface area contributed by atoms with Crippen molar-refractivity contribution in [2.75, 3.05) is 45.9 Å². The molecule has 1 saturated carbocycles. The van der Waals surface area contributed by atoms with Gasteiger partial charge >= 0.3 is 0 Å². The monoisotopic (exact) mass is 367 g/mol. The van der Waals surface area contributed by atoms with Crippen LogP contribution in [-0.4, -0.2) is 80.1 Å². The minimum Gasteiger partial charge on any atom is -0.379 e. The molecule has 3 atom stereocenters. The molecular formula is C18H33N5O3. The predicted octanol–water partition coefficient (Wildman–Crippen LogP) is -0.176. The van der Waals surface area contributed by atoms with Gasteiger partial charge < -0.3 is 10.1 Å². The highest BCUT2D eigenvalue weighted by Crippen LogP contribution is 2.24. The fourth-order valence-corrected chi connectivity index (χ4v) is 4.56. The number of hydroxylamine groups is 1.